The largest absolute Gasteiger partial charge is 0.384 e. The highest BCUT2D eigenvalue weighted by molar-refractivity contribution is 7.08. The lowest BCUT2D eigenvalue weighted by Crippen LogP contribution is -2.44. The van der Waals surface area contributed by atoms with Crippen molar-refractivity contribution in [1.82, 2.24) is 25.2 Å². The molecule has 3 rings (SSSR count). The van der Waals surface area contributed by atoms with E-state index in [0.717, 1.165) is 23.6 Å². The molecule has 132 valence electrons. The number of aromatic nitrogens is 3. The maximum atomic E-state index is 10.6. The Hall–Kier alpha value is -2.45. The van der Waals surface area contributed by atoms with Crippen molar-refractivity contribution in [2.45, 2.75) is 26.0 Å². The molecule has 7 nitrogen and oxygen atoms in total. The van der Waals surface area contributed by atoms with E-state index >= 15 is 0 Å². The minimum atomic E-state index is -0.961. The molecule has 0 radical (unpaired) electrons. The number of nitrogens with one attached hydrogen (secondary N) is 2. The SMILES string of the molecule is CCNC(=NCc1nnc2ccccn12)NCC(C)(O)c1ccsc1. The maximum Gasteiger partial charge on any atom is 0.191 e. The lowest BCUT2D eigenvalue weighted by Gasteiger charge is -2.24. The van der Waals surface area contributed by atoms with Crippen molar-refractivity contribution < 1.29 is 5.11 Å². The number of fused-ring (bicyclic) bond motifs is 1. The van der Waals surface area contributed by atoms with E-state index in [1.807, 2.05) is 52.5 Å². The summed E-state index contributed by atoms with van der Waals surface area (Å²) in [6, 6.07) is 7.70. The topological polar surface area (TPSA) is 86.8 Å². The van der Waals surface area contributed by atoms with Gasteiger partial charge < -0.3 is 15.7 Å². The minimum Gasteiger partial charge on any atom is -0.384 e. The lowest BCUT2D eigenvalue weighted by atomic mass is 9.99. The van der Waals surface area contributed by atoms with Gasteiger partial charge in [0.25, 0.3) is 0 Å². The van der Waals surface area contributed by atoms with Gasteiger partial charge >= 0.3 is 0 Å². The van der Waals surface area contributed by atoms with Gasteiger partial charge in [-0.1, -0.05) is 6.07 Å². The summed E-state index contributed by atoms with van der Waals surface area (Å²) in [6.07, 6.45) is 1.92. The Labute approximate surface area is 150 Å². The molecule has 0 amide bonds. The molecule has 3 heterocycles. The fourth-order valence-electron chi connectivity index (χ4n) is 2.42. The van der Waals surface area contributed by atoms with Crippen LogP contribution in [0.5, 0.6) is 0 Å². The standard InChI is InChI=1S/C17H22N6OS/c1-3-18-16(20-12-17(2,24)13-7-9-25-11-13)19-10-15-22-21-14-6-4-5-8-23(14)15/h4-9,11,24H,3,10,12H2,1-2H3,(H2,18,19,20). The molecule has 0 aliphatic carbocycles. The van der Waals surface area contributed by atoms with Crippen LogP contribution >= 0.6 is 11.3 Å². The van der Waals surface area contributed by atoms with Gasteiger partial charge in [-0.3, -0.25) is 4.40 Å². The van der Waals surface area contributed by atoms with Crippen LogP contribution in [0.3, 0.4) is 0 Å². The van der Waals surface area contributed by atoms with E-state index in [1.165, 1.54) is 0 Å². The molecule has 0 saturated carbocycles. The first-order valence-electron chi connectivity index (χ1n) is 8.16. The van der Waals surface area contributed by atoms with Crippen molar-refractivity contribution in [2.75, 3.05) is 13.1 Å². The highest BCUT2D eigenvalue weighted by Gasteiger charge is 2.23. The van der Waals surface area contributed by atoms with Gasteiger partial charge in [0, 0.05) is 12.7 Å². The molecule has 0 aromatic carbocycles. The van der Waals surface area contributed by atoms with Crippen LogP contribution in [0.1, 0.15) is 25.2 Å². The van der Waals surface area contributed by atoms with E-state index in [2.05, 4.69) is 25.8 Å². The normalized spacial score (nSPS) is 14.4. The van der Waals surface area contributed by atoms with E-state index in [1.54, 1.807) is 18.3 Å². The van der Waals surface area contributed by atoms with Crippen LogP contribution in [-0.4, -0.2) is 38.8 Å². The highest BCUT2D eigenvalue weighted by atomic mass is 32.1. The second kappa shape index (κ2) is 7.62. The Balaban J connectivity index is 1.69. The molecule has 0 saturated heterocycles. The van der Waals surface area contributed by atoms with E-state index in [0.29, 0.717) is 19.0 Å². The first-order valence-corrected chi connectivity index (χ1v) is 9.10. The lowest BCUT2D eigenvalue weighted by molar-refractivity contribution is 0.0621. The molecule has 1 atom stereocenters. The van der Waals surface area contributed by atoms with Crippen LogP contribution in [-0.2, 0) is 12.1 Å². The predicted molar refractivity (Wildman–Crippen MR) is 99.7 cm³/mol. The Kier molecular flexibility index (Phi) is 5.30. The number of thiophene rings is 1. The number of hydrogen-bond donors (Lipinski definition) is 3. The van der Waals surface area contributed by atoms with Crippen molar-refractivity contribution in [3.8, 4) is 0 Å². The second-order valence-corrected chi connectivity index (χ2v) is 6.66. The molecule has 3 aromatic heterocycles. The molecular weight excluding hydrogens is 336 g/mol. The number of aliphatic hydroxyl groups is 1. The third-order valence-electron chi connectivity index (χ3n) is 3.85. The molecule has 1 unspecified atom stereocenters. The Bertz CT molecular complexity index is 840. The summed E-state index contributed by atoms with van der Waals surface area (Å²) in [5.74, 6) is 1.39. The zero-order valence-corrected chi connectivity index (χ0v) is 15.1. The smallest absolute Gasteiger partial charge is 0.191 e. The Morgan fingerprint density at radius 1 is 1.32 bits per heavy atom. The number of hydrogen-bond acceptors (Lipinski definition) is 5. The van der Waals surface area contributed by atoms with Crippen LogP contribution in [0.15, 0.2) is 46.2 Å². The third kappa shape index (κ3) is 4.15. The van der Waals surface area contributed by atoms with Crippen molar-refractivity contribution in [1.29, 1.82) is 0 Å². The van der Waals surface area contributed by atoms with E-state index in [9.17, 15) is 5.11 Å². The second-order valence-electron chi connectivity index (χ2n) is 5.88. The number of guanidine groups is 1. The van der Waals surface area contributed by atoms with E-state index < -0.39 is 5.60 Å². The van der Waals surface area contributed by atoms with Gasteiger partial charge in [0.1, 0.15) is 12.1 Å². The van der Waals surface area contributed by atoms with Crippen LogP contribution in [0.4, 0.5) is 0 Å². The van der Waals surface area contributed by atoms with Gasteiger partial charge in [-0.05, 0) is 48.4 Å². The number of aliphatic imine (C=N–C) groups is 1. The molecule has 3 N–H and O–H groups in total. The van der Waals surface area contributed by atoms with Crippen molar-refractivity contribution in [3.63, 3.8) is 0 Å². The van der Waals surface area contributed by atoms with Crippen LogP contribution in [0, 0.1) is 0 Å². The van der Waals surface area contributed by atoms with Crippen LogP contribution in [0.25, 0.3) is 5.65 Å². The molecule has 3 aromatic rings. The molecule has 0 spiro atoms. The van der Waals surface area contributed by atoms with Gasteiger partial charge in [0.15, 0.2) is 17.4 Å². The minimum absolute atomic E-state index is 0.357. The summed E-state index contributed by atoms with van der Waals surface area (Å²) in [4.78, 5) is 4.55. The van der Waals surface area contributed by atoms with Gasteiger partial charge in [-0.15, -0.1) is 10.2 Å². The van der Waals surface area contributed by atoms with E-state index in [-0.39, 0.29) is 0 Å². The maximum absolute atomic E-state index is 10.6. The van der Waals surface area contributed by atoms with Crippen molar-refractivity contribution >= 4 is 22.9 Å². The van der Waals surface area contributed by atoms with Crippen LogP contribution in [0.2, 0.25) is 0 Å². The first-order chi connectivity index (χ1) is 12.1. The summed E-state index contributed by atoms with van der Waals surface area (Å²) in [5.41, 5.74) is 0.730. The number of rotatable bonds is 6. The summed E-state index contributed by atoms with van der Waals surface area (Å²) in [7, 11) is 0. The summed E-state index contributed by atoms with van der Waals surface area (Å²) in [5, 5.41) is 29.2. The fraction of sp³-hybridized carbons (Fsp3) is 0.353. The third-order valence-corrected chi connectivity index (χ3v) is 4.53. The fourth-order valence-corrected chi connectivity index (χ4v) is 3.20. The average Bonchev–Trinajstić information content (AvgIpc) is 3.28. The highest BCUT2D eigenvalue weighted by Crippen LogP contribution is 2.21. The Morgan fingerprint density at radius 2 is 2.20 bits per heavy atom. The Morgan fingerprint density at radius 3 is 2.96 bits per heavy atom. The molecule has 0 aliphatic heterocycles. The monoisotopic (exact) mass is 358 g/mol. The molecule has 0 bridgehead atoms. The average molecular weight is 358 g/mol. The molecular formula is C17H22N6OS. The quantitative estimate of drug-likeness (QED) is 0.462. The first kappa shape index (κ1) is 17.4. The van der Waals surface area contributed by atoms with E-state index in [4.69, 9.17) is 0 Å². The van der Waals surface area contributed by atoms with Gasteiger partial charge in [0.05, 0.1) is 6.54 Å². The van der Waals surface area contributed by atoms with Gasteiger partial charge in [-0.25, -0.2) is 4.99 Å². The van der Waals surface area contributed by atoms with Crippen molar-refractivity contribution in [3.05, 3.63) is 52.6 Å². The molecule has 25 heavy (non-hydrogen) atoms. The zero-order valence-electron chi connectivity index (χ0n) is 14.3. The molecule has 8 heteroatoms. The van der Waals surface area contributed by atoms with Gasteiger partial charge in [-0.2, -0.15) is 11.3 Å². The summed E-state index contributed by atoms with van der Waals surface area (Å²) in [6.45, 7) is 5.27. The predicted octanol–water partition coefficient (Wildman–Crippen LogP) is 1.75. The number of nitrogens with zero attached hydrogens (tertiary/aromatic N) is 4. The molecule has 0 fully saturated rings. The zero-order chi connectivity index (χ0) is 17.7. The van der Waals surface area contributed by atoms with Crippen molar-refractivity contribution in [2.24, 2.45) is 4.99 Å². The molecule has 0 aliphatic rings. The number of pyridine rings is 1. The summed E-state index contributed by atoms with van der Waals surface area (Å²) >= 11 is 1.57. The summed E-state index contributed by atoms with van der Waals surface area (Å²) < 4.78 is 1.91. The van der Waals surface area contributed by atoms with Gasteiger partial charge in [0.2, 0.25) is 0 Å². The van der Waals surface area contributed by atoms with Crippen LogP contribution < -0.4 is 10.6 Å².